The molecule has 0 amide bonds. The standard InChI is InChI=1S/C14H14BrClN2O2S/c1-2-9-3-5-11(17)8-14(9)21(19,20)18-13-6-4-10(15)7-12(13)16/h3-8,18H,2,17H2,1H3. The number of rotatable bonds is 4. The Hall–Kier alpha value is -1.24. The molecule has 3 N–H and O–H groups in total. The molecule has 2 rings (SSSR count). The predicted molar refractivity (Wildman–Crippen MR) is 90.2 cm³/mol. The van der Waals surface area contributed by atoms with E-state index >= 15 is 0 Å². The van der Waals surface area contributed by atoms with Crippen molar-refractivity contribution in [2.24, 2.45) is 0 Å². The monoisotopic (exact) mass is 388 g/mol. The van der Waals surface area contributed by atoms with Crippen LogP contribution in [0.3, 0.4) is 0 Å². The van der Waals surface area contributed by atoms with Crippen LogP contribution in [0.2, 0.25) is 5.02 Å². The quantitative estimate of drug-likeness (QED) is 0.775. The SMILES string of the molecule is CCc1ccc(N)cc1S(=O)(=O)Nc1ccc(Br)cc1Cl. The van der Waals surface area contributed by atoms with Crippen molar-refractivity contribution in [3.8, 4) is 0 Å². The van der Waals surface area contributed by atoms with Gasteiger partial charge in [0.05, 0.1) is 15.6 Å². The van der Waals surface area contributed by atoms with E-state index in [0.717, 1.165) is 4.47 Å². The normalized spacial score (nSPS) is 11.4. The predicted octanol–water partition coefficient (Wildman–Crippen LogP) is 4.05. The van der Waals surface area contributed by atoms with Crippen LogP contribution in [-0.2, 0) is 16.4 Å². The highest BCUT2D eigenvalue weighted by atomic mass is 79.9. The summed E-state index contributed by atoms with van der Waals surface area (Å²) in [7, 11) is -3.74. The van der Waals surface area contributed by atoms with Gasteiger partial charge < -0.3 is 5.73 Å². The van der Waals surface area contributed by atoms with Crippen LogP contribution in [0.25, 0.3) is 0 Å². The summed E-state index contributed by atoms with van der Waals surface area (Å²) in [6, 6.07) is 9.79. The van der Waals surface area contributed by atoms with Crippen molar-refractivity contribution >= 4 is 48.9 Å². The minimum absolute atomic E-state index is 0.170. The zero-order chi connectivity index (χ0) is 15.6. The molecule has 21 heavy (non-hydrogen) atoms. The summed E-state index contributed by atoms with van der Waals surface area (Å²) >= 11 is 9.32. The molecular formula is C14H14BrClN2O2S. The zero-order valence-corrected chi connectivity index (χ0v) is 14.4. The lowest BCUT2D eigenvalue weighted by Gasteiger charge is -2.13. The first-order valence-corrected chi connectivity index (χ1v) is 8.85. The van der Waals surface area contributed by atoms with Crippen LogP contribution in [-0.4, -0.2) is 8.42 Å². The van der Waals surface area contributed by atoms with E-state index in [1.54, 1.807) is 30.3 Å². The van der Waals surface area contributed by atoms with E-state index in [2.05, 4.69) is 20.7 Å². The maximum absolute atomic E-state index is 12.5. The Morgan fingerprint density at radius 3 is 2.57 bits per heavy atom. The highest BCUT2D eigenvalue weighted by Crippen LogP contribution is 2.29. The number of nitrogens with one attached hydrogen (secondary N) is 1. The first kappa shape index (κ1) is 16.1. The molecule has 0 atom stereocenters. The molecule has 0 spiro atoms. The van der Waals surface area contributed by atoms with Crippen LogP contribution >= 0.6 is 27.5 Å². The Kier molecular flexibility index (Phi) is 4.81. The molecule has 0 saturated heterocycles. The summed E-state index contributed by atoms with van der Waals surface area (Å²) in [6.45, 7) is 1.89. The molecule has 0 bridgehead atoms. The van der Waals surface area contributed by atoms with Crippen molar-refractivity contribution in [1.82, 2.24) is 0 Å². The molecule has 0 aliphatic heterocycles. The van der Waals surface area contributed by atoms with Gasteiger partial charge in [0.1, 0.15) is 0 Å². The van der Waals surface area contributed by atoms with Gasteiger partial charge in [0.2, 0.25) is 0 Å². The molecule has 0 fully saturated rings. The van der Waals surface area contributed by atoms with Gasteiger partial charge >= 0.3 is 0 Å². The van der Waals surface area contributed by atoms with Crippen LogP contribution in [0.4, 0.5) is 11.4 Å². The van der Waals surface area contributed by atoms with Crippen molar-refractivity contribution in [3.63, 3.8) is 0 Å². The molecule has 0 saturated carbocycles. The number of aryl methyl sites for hydroxylation is 1. The Morgan fingerprint density at radius 1 is 1.24 bits per heavy atom. The Bertz CT molecular complexity index is 779. The lowest BCUT2D eigenvalue weighted by atomic mass is 10.1. The molecule has 0 unspecified atom stereocenters. The zero-order valence-electron chi connectivity index (χ0n) is 11.2. The van der Waals surface area contributed by atoms with Crippen LogP contribution in [0, 0.1) is 0 Å². The van der Waals surface area contributed by atoms with E-state index in [0.29, 0.717) is 28.4 Å². The van der Waals surface area contributed by atoms with Gasteiger partial charge in [0.25, 0.3) is 10.0 Å². The third-order valence-corrected chi connectivity index (χ3v) is 5.19. The van der Waals surface area contributed by atoms with E-state index in [1.807, 2.05) is 6.92 Å². The van der Waals surface area contributed by atoms with Gasteiger partial charge in [0, 0.05) is 10.2 Å². The Balaban J connectivity index is 2.45. The number of nitrogen functional groups attached to an aromatic ring is 1. The Labute approximate surface area is 137 Å². The average molecular weight is 390 g/mol. The molecule has 0 radical (unpaired) electrons. The molecule has 2 aromatic rings. The van der Waals surface area contributed by atoms with Gasteiger partial charge in [-0.05, 0) is 42.3 Å². The maximum atomic E-state index is 12.5. The topological polar surface area (TPSA) is 72.2 Å². The first-order chi connectivity index (χ1) is 9.83. The van der Waals surface area contributed by atoms with E-state index in [1.165, 1.54) is 6.07 Å². The van der Waals surface area contributed by atoms with Crippen molar-refractivity contribution in [3.05, 3.63) is 51.5 Å². The second-order valence-corrected chi connectivity index (χ2v) is 7.42. The molecule has 4 nitrogen and oxygen atoms in total. The van der Waals surface area contributed by atoms with Crippen molar-refractivity contribution < 1.29 is 8.42 Å². The van der Waals surface area contributed by atoms with E-state index in [4.69, 9.17) is 17.3 Å². The van der Waals surface area contributed by atoms with Gasteiger partial charge in [-0.3, -0.25) is 4.72 Å². The van der Waals surface area contributed by atoms with E-state index in [-0.39, 0.29) is 4.90 Å². The number of hydrogen-bond donors (Lipinski definition) is 2. The largest absolute Gasteiger partial charge is 0.399 e. The highest BCUT2D eigenvalue weighted by Gasteiger charge is 2.19. The van der Waals surface area contributed by atoms with Crippen molar-refractivity contribution in [1.29, 1.82) is 0 Å². The molecule has 0 aliphatic rings. The fraction of sp³-hybridized carbons (Fsp3) is 0.143. The molecule has 0 aromatic heterocycles. The smallest absolute Gasteiger partial charge is 0.262 e. The summed E-state index contributed by atoms with van der Waals surface area (Å²) < 4.78 is 28.3. The number of hydrogen-bond acceptors (Lipinski definition) is 3. The number of halogens is 2. The fourth-order valence-corrected chi connectivity index (χ4v) is 4.09. The summed E-state index contributed by atoms with van der Waals surface area (Å²) in [5, 5.41) is 0.315. The summed E-state index contributed by atoms with van der Waals surface area (Å²) in [6.07, 6.45) is 0.588. The highest BCUT2D eigenvalue weighted by molar-refractivity contribution is 9.10. The first-order valence-electron chi connectivity index (χ1n) is 6.19. The number of sulfonamides is 1. The summed E-state index contributed by atoms with van der Waals surface area (Å²) in [5.74, 6) is 0. The summed E-state index contributed by atoms with van der Waals surface area (Å²) in [4.78, 5) is 0.170. The number of benzene rings is 2. The van der Waals surface area contributed by atoms with Crippen molar-refractivity contribution in [2.45, 2.75) is 18.2 Å². The molecule has 0 aliphatic carbocycles. The fourth-order valence-electron chi connectivity index (χ4n) is 1.89. The second-order valence-electron chi connectivity index (χ2n) is 4.45. The molecule has 112 valence electrons. The molecule has 2 aromatic carbocycles. The van der Waals surface area contributed by atoms with Gasteiger partial charge in [-0.25, -0.2) is 8.42 Å². The van der Waals surface area contributed by atoms with Crippen LogP contribution in [0.5, 0.6) is 0 Å². The molecule has 7 heteroatoms. The average Bonchev–Trinajstić information content (AvgIpc) is 2.42. The third-order valence-electron chi connectivity index (χ3n) is 2.94. The van der Waals surface area contributed by atoms with E-state index < -0.39 is 10.0 Å². The number of nitrogens with two attached hydrogens (primary N) is 1. The van der Waals surface area contributed by atoms with E-state index in [9.17, 15) is 8.42 Å². The minimum atomic E-state index is -3.74. The van der Waals surface area contributed by atoms with Gasteiger partial charge in [-0.2, -0.15) is 0 Å². The summed E-state index contributed by atoms with van der Waals surface area (Å²) in [5.41, 5.74) is 7.12. The number of anilines is 2. The molecule has 0 heterocycles. The van der Waals surface area contributed by atoms with Gasteiger partial charge in [-0.15, -0.1) is 0 Å². The third kappa shape index (κ3) is 3.70. The lowest BCUT2D eigenvalue weighted by molar-refractivity contribution is 0.600. The second kappa shape index (κ2) is 6.25. The van der Waals surface area contributed by atoms with Gasteiger partial charge in [0.15, 0.2) is 0 Å². The van der Waals surface area contributed by atoms with Crippen LogP contribution in [0.15, 0.2) is 45.8 Å². The van der Waals surface area contributed by atoms with Crippen molar-refractivity contribution in [2.75, 3.05) is 10.5 Å². The van der Waals surface area contributed by atoms with Crippen LogP contribution in [0.1, 0.15) is 12.5 Å². The minimum Gasteiger partial charge on any atom is -0.399 e. The molecular weight excluding hydrogens is 376 g/mol. The lowest BCUT2D eigenvalue weighted by Crippen LogP contribution is -2.15. The van der Waals surface area contributed by atoms with Gasteiger partial charge in [-0.1, -0.05) is 40.5 Å². The Morgan fingerprint density at radius 2 is 1.95 bits per heavy atom. The maximum Gasteiger partial charge on any atom is 0.262 e. The van der Waals surface area contributed by atoms with Crippen LogP contribution < -0.4 is 10.5 Å².